The third kappa shape index (κ3) is 5.53. The van der Waals surface area contributed by atoms with Crippen molar-refractivity contribution in [2.45, 2.75) is 24.9 Å². The lowest BCUT2D eigenvalue weighted by atomic mass is 10.1. The Bertz CT molecular complexity index is 1100. The number of carbonyl (C=O) groups excluding carboxylic acids is 2. The molecule has 2 aromatic rings. The number of halogens is 8. The molecule has 0 aliphatic rings. The van der Waals surface area contributed by atoms with Crippen LogP contribution in [-0.4, -0.2) is 40.7 Å². The van der Waals surface area contributed by atoms with Gasteiger partial charge in [-0.05, 0) is 42.8 Å². The molecule has 0 radical (unpaired) electrons. The van der Waals surface area contributed by atoms with Crippen LogP contribution in [0.15, 0.2) is 47.6 Å². The van der Waals surface area contributed by atoms with Gasteiger partial charge in [-0.2, -0.15) is 35.8 Å². The minimum atomic E-state index is -6.66. The van der Waals surface area contributed by atoms with Crippen molar-refractivity contribution < 1.29 is 45.4 Å². The van der Waals surface area contributed by atoms with E-state index >= 15 is 0 Å². The van der Waals surface area contributed by atoms with Crippen molar-refractivity contribution in [2.24, 2.45) is 5.10 Å². The Balaban J connectivity index is 2.18. The lowest BCUT2D eigenvalue weighted by Crippen LogP contribution is -2.57. The summed E-state index contributed by atoms with van der Waals surface area (Å²) in [6, 6.07) is 8.05. The number of anilines is 1. The molecule has 6 nitrogen and oxygen atoms in total. The summed E-state index contributed by atoms with van der Waals surface area (Å²) in [5.41, 5.74) is 1.49. The lowest BCUT2D eigenvalue weighted by molar-refractivity contribution is -0.343. The summed E-state index contributed by atoms with van der Waals surface area (Å²) in [5.74, 6) is -16.8. The number of nitrogens with one attached hydrogen (secondary N) is 2. The van der Waals surface area contributed by atoms with Gasteiger partial charge >= 0.3 is 23.9 Å². The van der Waals surface area contributed by atoms with Crippen LogP contribution in [0.2, 0.25) is 5.02 Å². The Labute approximate surface area is 186 Å². The SMILES string of the molecule is C/C(=N\NC(=O)c1ccc(Cl)cc1O)c1cccc(NC(=O)C(F)(F)C(F)(F)C(F)(F)F)c1. The van der Waals surface area contributed by atoms with E-state index in [-0.39, 0.29) is 21.9 Å². The standard InChI is InChI=1S/C19H13ClF7N3O3/c1-9(29-30-15(32)13-6-5-11(20)8-14(13)31)10-3-2-4-12(7-10)28-16(33)17(21,22)18(23,24)19(25,26)27/h2-8,31H,1H3,(H,28,33)(H,30,32)/b29-9+. The van der Waals surface area contributed by atoms with Gasteiger partial charge in [0.05, 0.1) is 11.3 Å². The van der Waals surface area contributed by atoms with E-state index < -0.39 is 41.3 Å². The average molecular weight is 500 g/mol. The van der Waals surface area contributed by atoms with E-state index in [9.17, 15) is 45.4 Å². The van der Waals surface area contributed by atoms with Gasteiger partial charge in [0.15, 0.2) is 0 Å². The highest BCUT2D eigenvalue weighted by Crippen LogP contribution is 2.46. The number of phenols is 1. The smallest absolute Gasteiger partial charge is 0.460 e. The van der Waals surface area contributed by atoms with E-state index in [0.29, 0.717) is 0 Å². The number of phenolic OH excluding ortho intramolecular Hbond substituents is 1. The minimum Gasteiger partial charge on any atom is -0.507 e. The van der Waals surface area contributed by atoms with Crippen molar-refractivity contribution in [3.05, 3.63) is 58.6 Å². The number of rotatable bonds is 6. The molecule has 3 N–H and O–H groups in total. The summed E-state index contributed by atoms with van der Waals surface area (Å²) in [4.78, 5) is 23.6. The third-order valence-electron chi connectivity index (χ3n) is 4.10. The fourth-order valence-electron chi connectivity index (χ4n) is 2.31. The van der Waals surface area contributed by atoms with Gasteiger partial charge in [-0.1, -0.05) is 23.7 Å². The Morgan fingerprint density at radius 1 is 1.00 bits per heavy atom. The first-order chi connectivity index (χ1) is 15.1. The zero-order chi connectivity index (χ0) is 25.2. The molecule has 14 heteroatoms. The first kappa shape index (κ1) is 25.9. The fraction of sp³-hybridized carbons (Fsp3) is 0.211. The summed E-state index contributed by atoms with van der Waals surface area (Å²) in [7, 11) is 0. The summed E-state index contributed by atoms with van der Waals surface area (Å²) >= 11 is 5.66. The number of alkyl halides is 7. The van der Waals surface area contributed by atoms with Crippen LogP contribution in [0, 0.1) is 0 Å². The molecule has 178 valence electrons. The second-order valence-corrected chi connectivity index (χ2v) is 6.92. The van der Waals surface area contributed by atoms with Crippen molar-refractivity contribution in [2.75, 3.05) is 5.32 Å². The van der Waals surface area contributed by atoms with E-state index in [1.807, 2.05) is 0 Å². The second kappa shape index (κ2) is 9.25. The third-order valence-corrected chi connectivity index (χ3v) is 4.34. The Hall–Kier alpha value is -3.35. The number of aromatic hydroxyl groups is 1. The molecule has 0 spiro atoms. The maximum atomic E-state index is 13.5. The van der Waals surface area contributed by atoms with Gasteiger partial charge in [-0.25, -0.2) is 5.43 Å². The highest BCUT2D eigenvalue weighted by atomic mass is 35.5. The van der Waals surface area contributed by atoms with Crippen LogP contribution < -0.4 is 10.7 Å². The molecule has 2 aromatic carbocycles. The molecular weight excluding hydrogens is 487 g/mol. The molecule has 0 fully saturated rings. The predicted octanol–water partition coefficient (Wildman–Crippen LogP) is 4.97. The first-order valence-corrected chi connectivity index (χ1v) is 9.03. The second-order valence-electron chi connectivity index (χ2n) is 6.48. The number of hydrogen-bond donors (Lipinski definition) is 3. The maximum Gasteiger partial charge on any atom is 0.460 e. The molecule has 0 aromatic heterocycles. The van der Waals surface area contributed by atoms with Crippen LogP contribution in [0.3, 0.4) is 0 Å². The van der Waals surface area contributed by atoms with Crippen LogP contribution in [0.1, 0.15) is 22.8 Å². The molecule has 2 amide bonds. The number of hydrazone groups is 1. The number of amides is 2. The number of hydrogen-bond acceptors (Lipinski definition) is 4. The van der Waals surface area contributed by atoms with Crippen LogP contribution in [0.4, 0.5) is 36.4 Å². The zero-order valence-corrected chi connectivity index (χ0v) is 17.0. The summed E-state index contributed by atoms with van der Waals surface area (Å²) in [6.07, 6.45) is -6.66. The van der Waals surface area contributed by atoms with E-state index in [0.717, 1.165) is 24.3 Å². The largest absolute Gasteiger partial charge is 0.507 e. The highest BCUT2D eigenvalue weighted by Gasteiger charge is 2.76. The lowest BCUT2D eigenvalue weighted by Gasteiger charge is -2.27. The van der Waals surface area contributed by atoms with Crippen molar-refractivity contribution in [3.63, 3.8) is 0 Å². The molecular formula is C19H13ClF7N3O3. The quantitative estimate of drug-likeness (QED) is 0.298. The molecule has 0 aliphatic carbocycles. The molecule has 2 rings (SSSR count). The van der Waals surface area contributed by atoms with Gasteiger partial charge in [0, 0.05) is 10.7 Å². The van der Waals surface area contributed by atoms with Gasteiger partial charge in [-0.15, -0.1) is 0 Å². The Morgan fingerprint density at radius 3 is 2.21 bits per heavy atom. The van der Waals surface area contributed by atoms with Gasteiger partial charge in [0.25, 0.3) is 5.91 Å². The summed E-state index contributed by atoms with van der Waals surface area (Å²) in [5, 5.41) is 14.9. The number of carbonyl (C=O) groups is 2. The van der Waals surface area contributed by atoms with E-state index in [4.69, 9.17) is 11.6 Å². The Kier molecular flexibility index (Phi) is 7.27. The van der Waals surface area contributed by atoms with Gasteiger partial charge < -0.3 is 10.4 Å². The summed E-state index contributed by atoms with van der Waals surface area (Å²) in [6.45, 7) is 1.33. The van der Waals surface area contributed by atoms with Crippen LogP contribution in [-0.2, 0) is 4.79 Å². The number of nitrogens with zero attached hydrogens (tertiary/aromatic N) is 1. The topological polar surface area (TPSA) is 90.8 Å². The van der Waals surface area contributed by atoms with Crippen molar-refractivity contribution >= 4 is 34.8 Å². The van der Waals surface area contributed by atoms with Crippen LogP contribution in [0.25, 0.3) is 0 Å². The molecule has 0 saturated carbocycles. The van der Waals surface area contributed by atoms with Crippen molar-refractivity contribution in [1.82, 2.24) is 5.43 Å². The summed E-state index contributed by atoms with van der Waals surface area (Å²) < 4.78 is 89.7. The highest BCUT2D eigenvalue weighted by molar-refractivity contribution is 6.30. The Morgan fingerprint density at radius 2 is 1.64 bits per heavy atom. The normalized spacial score (nSPS) is 12.9. The van der Waals surface area contributed by atoms with E-state index in [1.54, 1.807) is 0 Å². The predicted molar refractivity (Wildman–Crippen MR) is 104 cm³/mol. The molecule has 0 bridgehead atoms. The molecule has 0 aliphatic heterocycles. The fourth-order valence-corrected chi connectivity index (χ4v) is 2.47. The van der Waals surface area contributed by atoms with Crippen LogP contribution >= 0.6 is 11.6 Å². The minimum absolute atomic E-state index is 0.0280. The molecule has 0 heterocycles. The number of benzene rings is 2. The van der Waals surface area contributed by atoms with Crippen molar-refractivity contribution in [3.8, 4) is 5.75 Å². The van der Waals surface area contributed by atoms with Gasteiger partial charge in [0.2, 0.25) is 0 Å². The first-order valence-electron chi connectivity index (χ1n) is 8.65. The molecule has 0 saturated heterocycles. The molecule has 0 atom stereocenters. The van der Waals surface area contributed by atoms with E-state index in [2.05, 4.69) is 10.5 Å². The maximum absolute atomic E-state index is 13.5. The van der Waals surface area contributed by atoms with Gasteiger partial charge in [0.1, 0.15) is 5.75 Å². The molecule has 33 heavy (non-hydrogen) atoms. The van der Waals surface area contributed by atoms with E-state index in [1.165, 1.54) is 30.4 Å². The zero-order valence-electron chi connectivity index (χ0n) is 16.3. The van der Waals surface area contributed by atoms with Crippen LogP contribution in [0.5, 0.6) is 5.75 Å². The molecule has 0 unspecified atom stereocenters. The van der Waals surface area contributed by atoms with Crippen molar-refractivity contribution in [1.29, 1.82) is 0 Å². The van der Waals surface area contributed by atoms with Gasteiger partial charge in [-0.3, -0.25) is 9.59 Å². The monoisotopic (exact) mass is 499 g/mol. The average Bonchev–Trinajstić information content (AvgIpc) is 2.70.